The van der Waals surface area contributed by atoms with Crippen LogP contribution in [0.3, 0.4) is 0 Å². The first-order chi connectivity index (χ1) is 20.3. The molecule has 0 saturated carbocycles. The fourth-order valence-corrected chi connectivity index (χ4v) is 4.60. The number of esters is 3. The maximum Gasteiger partial charge on any atom is 0.303 e. The number of hydrogen-bond donors (Lipinski definition) is 4. The maximum atomic E-state index is 13.8. The molecule has 15 nitrogen and oxygen atoms in total. The predicted molar refractivity (Wildman–Crippen MR) is 143 cm³/mol. The largest absolute Gasteiger partial charge is 0.508 e. The summed E-state index contributed by atoms with van der Waals surface area (Å²) in [6, 6.07) is 5.85. The summed E-state index contributed by atoms with van der Waals surface area (Å²) in [6.07, 6.45) is -7.90. The second kappa shape index (κ2) is 12.5. The lowest BCUT2D eigenvalue weighted by atomic mass is 9.98. The normalized spacial score (nSPS) is 21.6. The zero-order chi connectivity index (χ0) is 31.6. The minimum absolute atomic E-state index is 0.0175. The first-order valence-electron chi connectivity index (χ1n) is 12.7. The van der Waals surface area contributed by atoms with Gasteiger partial charge in [0.05, 0.1) is 13.7 Å². The van der Waals surface area contributed by atoms with E-state index in [1.165, 1.54) is 25.3 Å². The number of ether oxygens (including phenoxy) is 6. The Kier molecular flexibility index (Phi) is 8.96. The van der Waals surface area contributed by atoms with Gasteiger partial charge in [-0.05, 0) is 18.2 Å². The molecule has 1 fully saturated rings. The van der Waals surface area contributed by atoms with E-state index < -0.39 is 83.3 Å². The molecule has 4 rings (SSSR count). The van der Waals surface area contributed by atoms with Crippen molar-refractivity contribution in [2.75, 3.05) is 13.7 Å². The van der Waals surface area contributed by atoms with Crippen LogP contribution in [0.4, 0.5) is 0 Å². The van der Waals surface area contributed by atoms with E-state index in [2.05, 4.69) is 0 Å². The van der Waals surface area contributed by atoms with Gasteiger partial charge in [0.1, 0.15) is 28.6 Å². The van der Waals surface area contributed by atoms with E-state index >= 15 is 0 Å². The molecular weight excluding hydrogens is 576 g/mol. The molecule has 230 valence electrons. The van der Waals surface area contributed by atoms with Crippen LogP contribution in [0.2, 0.25) is 0 Å². The topological polar surface area (TPSA) is 218 Å². The molecule has 1 aliphatic rings. The lowest BCUT2D eigenvalue weighted by molar-refractivity contribution is -0.288. The molecule has 1 aromatic heterocycles. The van der Waals surface area contributed by atoms with Crippen LogP contribution in [0.25, 0.3) is 22.3 Å². The van der Waals surface area contributed by atoms with Crippen molar-refractivity contribution in [2.24, 2.45) is 0 Å². The highest BCUT2D eigenvalue weighted by molar-refractivity contribution is 5.88. The Hall–Kier alpha value is -5.02. The Balaban J connectivity index is 1.94. The first kappa shape index (κ1) is 30.9. The van der Waals surface area contributed by atoms with Crippen molar-refractivity contribution >= 4 is 28.9 Å². The van der Waals surface area contributed by atoms with E-state index in [0.29, 0.717) is 0 Å². The van der Waals surface area contributed by atoms with Gasteiger partial charge < -0.3 is 53.3 Å². The standard InChI is InChI=1S/C28H28O15/c1-11(30)38-24-20(10-29)42-28(27(40-13(3)32)26(24)39-12(2)31)43-25-22(36)21-17(35)8-15(33)9-19(21)41-23(25)14-5-6-16(34)18(7-14)37-4/h5-9,20,24,26-29,33-35H,10H2,1-4H3/t20-,24-,26-,27+,28+/m1/s1. The number of aliphatic hydroxyl groups excluding tert-OH is 1. The Morgan fingerprint density at radius 1 is 0.860 bits per heavy atom. The van der Waals surface area contributed by atoms with Crippen LogP contribution in [0, 0.1) is 0 Å². The van der Waals surface area contributed by atoms with Crippen molar-refractivity contribution in [3.05, 3.63) is 40.6 Å². The molecule has 15 heteroatoms. The number of rotatable bonds is 8. The number of fused-ring (bicyclic) bond motifs is 1. The van der Waals surface area contributed by atoms with Crippen molar-refractivity contribution in [3.63, 3.8) is 0 Å². The van der Waals surface area contributed by atoms with Gasteiger partial charge in [0.15, 0.2) is 29.5 Å². The van der Waals surface area contributed by atoms with E-state index in [4.69, 9.17) is 32.8 Å². The third-order valence-electron chi connectivity index (χ3n) is 6.27. The summed E-state index contributed by atoms with van der Waals surface area (Å²) in [6.45, 7) is 2.34. The van der Waals surface area contributed by atoms with E-state index in [9.17, 15) is 39.6 Å². The predicted octanol–water partition coefficient (Wildman–Crippen LogP) is 1.48. The van der Waals surface area contributed by atoms with Gasteiger partial charge in [-0.2, -0.15) is 0 Å². The first-order valence-corrected chi connectivity index (χ1v) is 12.7. The van der Waals surface area contributed by atoms with Gasteiger partial charge in [-0.25, -0.2) is 0 Å². The molecule has 0 spiro atoms. The zero-order valence-corrected chi connectivity index (χ0v) is 23.3. The van der Waals surface area contributed by atoms with Crippen LogP contribution < -0.4 is 14.9 Å². The number of aromatic hydroxyl groups is 3. The summed E-state index contributed by atoms with van der Waals surface area (Å²) in [5.74, 6) is -4.87. The molecule has 5 atom stereocenters. The molecule has 1 aliphatic heterocycles. The summed E-state index contributed by atoms with van der Waals surface area (Å²) < 4.78 is 38.7. The molecule has 0 radical (unpaired) electrons. The second-order valence-electron chi connectivity index (χ2n) is 9.38. The number of benzene rings is 2. The van der Waals surface area contributed by atoms with Gasteiger partial charge in [0, 0.05) is 38.5 Å². The molecule has 0 amide bonds. The highest BCUT2D eigenvalue weighted by atomic mass is 16.7. The number of hydrogen-bond acceptors (Lipinski definition) is 15. The van der Waals surface area contributed by atoms with E-state index in [1.54, 1.807) is 0 Å². The number of phenols is 3. The Morgan fingerprint density at radius 2 is 1.49 bits per heavy atom. The fraction of sp³-hybridized carbons (Fsp3) is 0.357. The summed E-state index contributed by atoms with van der Waals surface area (Å²) >= 11 is 0. The van der Waals surface area contributed by atoms with E-state index in [-0.39, 0.29) is 28.4 Å². The average Bonchev–Trinajstić information content (AvgIpc) is 2.92. The SMILES string of the molecule is COc1cc(-c2oc3cc(O)cc(O)c3c(=O)c2O[C@@H]2O[C@H](CO)[C@@H](OC(C)=O)[C@@H](OC(C)=O)[C@@H]2OC(C)=O)ccc1O. The molecule has 0 aliphatic carbocycles. The van der Waals surface area contributed by atoms with Crippen LogP contribution >= 0.6 is 0 Å². The van der Waals surface area contributed by atoms with Crippen LogP contribution in [0.15, 0.2) is 39.5 Å². The fourth-order valence-electron chi connectivity index (χ4n) is 4.60. The molecule has 0 unspecified atom stereocenters. The molecule has 2 aromatic carbocycles. The number of methoxy groups -OCH3 is 1. The molecule has 1 saturated heterocycles. The molecule has 2 heterocycles. The monoisotopic (exact) mass is 604 g/mol. The number of aliphatic hydroxyl groups is 1. The van der Waals surface area contributed by atoms with Crippen molar-refractivity contribution in [1.82, 2.24) is 0 Å². The molecule has 3 aromatic rings. The lowest BCUT2D eigenvalue weighted by Crippen LogP contribution is -2.63. The van der Waals surface area contributed by atoms with Crippen molar-refractivity contribution in [2.45, 2.75) is 51.5 Å². The lowest BCUT2D eigenvalue weighted by Gasteiger charge is -2.43. The average molecular weight is 605 g/mol. The molecule has 43 heavy (non-hydrogen) atoms. The Labute approximate surface area is 242 Å². The quantitative estimate of drug-likeness (QED) is 0.211. The van der Waals surface area contributed by atoms with Gasteiger partial charge in [-0.15, -0.1) is 0 Å². The zero-order valence-electron chi connectivity index (χ0n) is 23.3. The summed E-state index contributed by atoms with van der Waals surface area (Å²) in [7, 11) is 1.28. The van der Waals surface area contributed by atoms with Crippen molar-refractivity contribution < 1.29 is 67.6 Å². The van der Waals surface area contributed by atoms with Gasteiger partial charge in [0.2, 0.25) is 23.6 Å². The van der Waals surface area contributed by atoms with Gasteiger partial charge in [0.25, 0.3) is 0 Å². The van der Waals surface area contributed by atoms with E-state index in [1.807, 2.05) is 0 Å². The number of carbonyl (C=O) groups is 3. The molecule has 0 bridgehead atoms. The molecular formula is C28H28O15. The highest BCUT2D eigenvalue weighted by Gasteiger charge is 2.53. The van der Waals surface area contributed by atoms with Crippen LogP contribution in [0.1, 0.15) is 20.8 Å². The third-order valence-corrected chi connectivity index (χ3v) is 6.27. The number of phenolic OH excluding ortho intramolecular Hbond substituents is 3. The van der Waals surface area contributed by atoms with Crippen LogP contribution in [-0.2, 0) is 33.3 Å². The van der Waals surface area contributed by atoms with Gasteiger partial charge in [-0.1, -0.05) is 0 Å². The highest BCUT2D eigenvalue weighted by Crippen LogP contribution is 2.40. The minimum atomic E-state index is -1.80. The Morgan fingerprint density at radius 3 is 2.09 bits per heavy atom. The summed E-state index contributed by atoms with van der Waals surface area (Å²) in [5.41, 5.74) is -1.11. The van der Waals surface area contributed by atoms with Gasteiger partial charge in [-0.3, -0.25) is 19.2 Å². The smallest absolute Gasteiger partial charge is 0.303 e. The third kappa shape index (κ3) is 6.42. The van der Waals surface area contributed by atoms with Crippen molar-refractivity contribution in [3.8, 4) is 40.1 Å². The second-order valence-corrected chi connectivity index (χ2v) is 9.38. The summed E-state index contributed by atoms with van der Waals surface area (Å²) in [4.78, 5) is 49.8. The van der Waals surface area contributed by atoms with Crippen LogP contribution in [-0.4, -0.2) is 82.8 Å². The minimum Gasteiger partial charge on any atom is -0.508 e. The summed E-state index contributed by atoms with van der Waals surface area (Å²) in [5, 5.41) is 40.2. The molecule has 4 N–H and O–H groups in total. The van der Waals surface area contributed by atoms with Gasteiger partial charge >= 0.3 is 17.9 Å². The van der Waals surface area contributed by atoms with Crippen LogP contribution in [0.5, 0.6) is 28.7 Å². The Bertz CT molecular complexity index is 1610. The van der Waals surface area contributed by atoms with Crippen molar-refractivity contribution in [1.29, 1.82) is 0 Å². The maximum absolute atomic E-state index is 13.8. The van der Waals surface area contributed by atoms with E-state index in [0.717, 1.165) is 32.9 Å². The number of carbonyl (C=O) groups excluding carboxylic acids is 3.